The van der Waals surface area contributed by atoms with Gasteiger partial charge in [-0.05, 0) is 31.6 Å². The number of fused-ring (bicyclic) bond motifs is 1. The van der Waals surface area contributed by atoms with Crippen LogP contribution < -0.4 is 0 Å². The zero-order valence-corrected chi connectivity index (χ0v) is 10.5. The van der Waals surface area contributed by atoms with Crippen molar-refractivity contribution in [2.75, 3.05) is 19.6 Å². The van der Waals surface area contributed by atoms with E-state index in [1.165, 1.54) is 25.9 Å². The molecule has 17 heavy (non-hydrogen) atoms. The molecule has 0 aromatic carbocycles. The summed E-state index contributed by atoms with van der Waals surface area (Å²) in [5, 5.41) is 0. The molecule has 2 atom stereocenters. The maximum absolute atomic E-state index is 11.9. The maximum atomic E-state index is 11.9. The van der Waals surface area contributed by atoms with Crippen molar-refractivity contribution in [2.24, 2.45) is 5.92 Å². The molecule has 3 rings (SSSR count). The van der Waals surface area contributed by atoms with Crippen molar-refractivity contribution in [3.63, 3.8) is 0 Å². The fourth-order valence-corrected chi connectivity index (χ4v) is 3.47. The summed E-state index contributed by atoms with van der Waals surface area (Å²) in [4.78, 5) is 16.6. The van der Waals surface area contributed by atoms with Gasteiger partial charge in [-0.15, -0.1) is 6.58 Å². The molecule has 0 bridgehead atoms. The number of hydrogen-bond donors (Lipinski definition) is 0. The van der Waals surface area contributed by atoms with Crippen molar-refractivity contribution in [3.8, 4) is 0 Å². The minimum atomic E-state index is 0.333. The summed E-state index contributed by atoms with van der Waals surface area (Å²) in [6.07, 6.45) is 7.67. The summed E-state index contributed by atoms with van der Waals surface area (Å²) < 4.78 is 0. The van der Waals surface area contributed by atoms with Crippen molar-refractivity contribution >= 4 is 5.91 Å². The zero-order chi connectivity index (χ0) is 11.8. The second-order valence-corrected chi connectivity index (χ2v) is 5.74. The van der Waals surface area contributed by atoms with Crippen LogP contribution in [0.25, 0.3) is 0 Å². The predicted molar refractivity (Wildman–Crippen MR) is 67.6 cm³/mol. The molecule has 1 aliphatic carbocycles. The lowest BCUT2D eigenvalue weighted by atomic mass is 9.96. The quantitative estimate of drug-likeness (QED) is 0.691. The van der Waals surface area contributed by atoms with Crippen LogP contribution in [0.1, 0.15) is 32.1 Å². The summed E-state index contributed by atoms with van der Waals surface area (Å²) in [6.45, 7) is 6.97. The molecule has 0 spiro atoms. The fraction of sp³-hybridized carbons (Fsp3) is 0.786. The van der Waals surface area contributed by atoms with Crippen LogP contribution in [0.4, 0.5) is 0 Å². The Morgan fingerprint density at radius 3 is 2.76 bits per heavy atom. The molecular weight excluding hydrogens is 212 g/mol. The monoisotopic (exact) mass is 234 g/mol. The van der Waals surface area contributed by atoms with Gasteiger partial charge < -0.3 is 4.90 Å². The molecule has 0 unspecified atom stereocenters. The smallest absolute Gasteiger partial charge is 0.223 e. The standard InChI is InChI=1S/C14H22N2O/c1-2-8-16-13-7-9-15(10-11-3-4-11)12(13)5-6-14(16)17/h2,11-13H,1,3-10H2/t12-,13-/m1/s1. The predicted octanol–water partition coefficient (Wildman–Crippen LogP) is 1.65. The molecule has 0 radical (unpaired) electrons. The Bertz CT molecular complexity index is 324. The second kappa shape index (κ2) is 4.45. The molecule has 3 nitrogen and oxygen atoms in total. The number of hydrogen-bond acceptors (Lipinski definition) is 2. The van der Waals surface area contributed by atoms with Crippen LogP contribution in [0.5, 0.6) is 0 Å². The first kappa shape index (κ1) is 11.3. The van der Waals surface area contributed by atoms with Gasteiger partial charge in [0.05, 0.1) is 0 Å². The molecule has 3 heteroatoms. The molecule has 0 N–H and O–H groups in total. The van der Waals surface area contributed by atoms with E-state index in [2.05, 4.69) is 16.4 Å². The maximum Gasteiger partial charge on any atom is 0.223 e. The summed E-state index contributed by atoms with van der Waals surface area (Å²) in [5.74, 6) is 1.29. The third kappa shape index (κ3) is 2.13. The average Bonchev–Trinajstić information content (AvgIpc) is 3.04. The molecule has 2 heterocycles. The highest BCUT2D eigenvalue weighted by molar-refractivity contribution is 5.78. The first-order valence-corrected chi connectivity index (χ1v) is 6.94. The van der Waals surface area contributed by atoms with Crippen LogP contribution >= 0.6 is 0 Å². The molecule has 94 valence electrons. The lowest BCUT2D eigenvalue weighted by molar-refractivity contribution is -0.136. The van der Waals surface area contributed by atoms with Gasteiger partial charge in [-0.25, -0.2) is 0 Å². The first-order chi connectivity index (χ1) is 8.29. The van der Waals surface area contributed by atoms with E-state index >= 15 is 0 Å². The van der Waals surface area contributed by atoms with Gasteiger partial charge in [0.15, 0.2) is 0 Å². The van der Waals surface area contributed by atoms with E-state index in [4.69, 9.17) is 0 Å². The SMILES string of the molecule is C=CCN1C(=O)CC[C@@H]2[C@H]1CCN2CC1CC1. The molecule has 1 saturated carbocycles. The Hall–Kier alpha value is -0.830. The summed E-state index contributed by atoms with van der Waals surface area (Å²) >= 11 is 0. The lowest BCUT2D eigenvalue weighted by Gasteiger charge is -2.39. The van der Waals surface area contributed by atoms with E-state index in [0.29, 0.717) is 18.0 Å². The molecular formula is C14H22N2O. The molecule has 3 fully saturated rings. The molecule has 2 saturated heterocycles. The molecule has 0 aromatic heterocycles. The van der Waals surface area contributed by atoms with Gasteiger partial charge in [-0.2, -0.15) is 0 Å². The Morgan fingerprint density at radius 1 is 1.24 bits per heavy atom. The Kier molecular flexibility index (Phi) is 2.95. The third-order valence-electron chi connectivity index (χ3n) is 4.52. The van der Waals surface area contributed by atoms with Gasteiger partial charge >= 0.3 is 0 Å². The van der Waals surface area contributed by atoms with Gasteiger partial charge in [-0.1, -0.05) is 6.08 Å². The summed E-state index contributed by atoms with van der Waals surface area (Å²) in [5.41, 5.74) is 0. The van der Waals surface area contributed by atoms with Gasteiger partial charge in [0.25, 0.3) is 0 Å². The largest absolute Gasteiger partial charge is 0.334 e. The van der Waals surface area contributed by atoms with E-state index in [1.807, 2.05) is 6.08 Å². The minimum Gasteiger partial charge on any atom is -0.334 e. The van der Waals surface area contributed by atoms with Crippen molar-refractivity contribution in [3.05, 3.63) is 12.7 Å². The number of amides is 1. The van der Waals surface area contributed by atoms with Crippen LogP contribution in [0.2, 0.25) is 0 Å². The lowest BCUT2D eigenvalue weighted by Crippen LogP contribution is -2.52. The van der Waals surface area contributed by atoms with E-state index < -0.39 is 0 Å². The third-order valence-corrected chi connectivity index (χ3v) is 4.52. The van der Waals surface area contributed by atoms with Crippen molar-refractivity contribution in [1.82, 2.24) is 9.80 Å². The molecule has 0 aromatic rings. The van der Waals surface area contributed by atoms with E-state index in [9.17, 15) is 4.79 Å². The van der Waals surface area contributed by atoms with Crippen molar-refractivity contribution in [2.45, 2.75) is 44.2 Å². The Balaban J connectivity index is 1.68. The zero-order valence-electron chi connectivity index (χ0n) is 10.5. The Labute approximate surface area is 103 Å². The molecule has 2 aliphatic heterocycles. The highest BCUT2D eigenvalue weighted by Gasteiger charge is 2.43. The van der Waals surface area contributed by atoms with Crippen molar-refractivity contribution < 1.29 is 4.79 Å². The highest BCUT2D eigenvalue weighted by atomic mass is 16.2. The molecule has 1 amide bonds. The van der Waals surface area contributed by atoms with Gasteiger partial charge in [0.2, 0.25) is 5.91 Å². The molecule has 3 aliphatic rings. The summed E-state index contributed by atoms with van der Waals surface area (Å²) in [6, 6.07) is 1.10. The van der Waals surface area contributed by atoms with E-state index in [-0.39, 0.29) is 0 Å². The second-order valence-electron chi connectivity index (χ2n) is 5.74. The topological polar surface area (TPSA) is 23.6 Å². The summed E-state index contributed by atoms with van der Waals surface area (Å²) in [7, 11) is 0. The average molecular weight is 234 g/mol. The number of likely N-dealkylation sites (tertiary alicyclic amines) is 2. The first-order valence-electron chi connectivity index (χ1n) is 6.94. The number of rotatable bonds is 4. The van der Waals surface area contributed by atoms with Gasteiger partial charge in [-0.3, -0.25) is 9.69 Å². The van der Waals surface area contributed by atoms with Crippen LogP contribution in [-0.2, 0) is 4.79 Å². The van der Waals surface area contributed by atoms with E-state index in [1.54, 1.807) is 0 Å². The van der Waals surface area contributed by atoms with E-state index in [0.717, 1.165) is 31.7 Å². The number of nitrogens with zero attached hydrogens (tertiary/aromatic N) is 2. The number of carbonyl (C=O) groups excluding carboxylic acids is 1. The normalized spacial score (nSPS) is 33.9. The van der Waals surface area contributed by atoms with Gasteiger partial charge in [0.1, 0.15) is 0 Å². The van der Waals surface area contributed by atoms with Crippen LogP contribution in [0.3, 0.4) is 0 Å². The Morgan fingerprint density at radius 2 is 2.06 bits per heavy atom. The van der Waals surface area contributed by atoms with Crippen LogP contribution in [0, 0.1) is 5.92 Å². The number of carbonyl (C=O) groups is 1. The van der Waals surface area contributed by atoms with Gasteiger partial charge in [0, 0.05) is 38.1 Å². The van der Waals surface area contributed by atoms with Crippen LogP contribution in [-0.4, -0.2) is 47.4 Å². The fourth-order valence-electron chi connectivity index (χ4n) is 3.47. The van der Waals surface area contributed by atoms with Crippen molar-refractivity contribution in [1.29, 1.82) is 0 Å². The highest BCUT2D eigenvalue weighted by Crippen LogP contribution is 2.36. The van der Waals surface area contributed by atoms with Crippen LogP contribution in [0.15, 0.2) is 12.7 Å². The number of piperidine rings is 1. The minimum absolute atomic E-state index is 0.333.